The predicted molar refractivity (Wildman–Crippen MR) is 179 cm³/mol. The van der Waals surface area contributed by atoms with Crippen molar-refractivity contribution in [3.8, 4) is 55.9 Å². The Morgan fingerprint density at radius 2 is 0.884 bits per heavy atom. The first-order valence-electron chi connectivity index (χ1n) is 14.3. The van der Waals surface area contributed by atoms with Gasteiger partial charge in [0.1, 0.15) is 0 Å². The van der Waals surface area contributed by atoms with Crippen LogP contribution in [0.2, 0.25) is 0 Å². The van der Waals surface area contributed by atoms with E-state index in [1.54, 1.807) is 0 Å². The van der Waals surface area contributed by atoms with Crippen molar-refractivity contribution in [1.29, 1.82) is 0 Å². The minimum Gasteiger partial charge on any atom is -0.0616 e. The number of hydrogen-bond acceptors (Lipinski definition) is 3. The molecule has 8 rings (SSSR count). The number of benzene rings is 6. The summed E-state index contributed by atoms with van der Waals surface area (Å²) >= 11 is 0.305. The SMILES string of the molecule is c1ccc(-c2nnnc(-c3ccccc3-c3ccccc3-c3cccc4[se]c5ccccc5c34)c2-c2ccccc2)cc1. The second-order valence-electron chi connectivity index (χ2n) is 10.5. The molecule has 0 N–H and O–H groups in total. The number of nitrogens with zero attached hydrogens (tertiary/aromatic N) is 3. The predicted octanol–water partition coefficient (Wildman–Crippen LogP) is 9.57. The Balaban J connectivity index is 1.39. The number of fused-ring (bicyclic) bond motifs is 3. The van der Waals surface area contributed by atoms with Gasteiger partial charge in [-0.2, -0.15) is 0 Å². The standard InChI is InChI=1S/C39H25N3Se/c1-3-14-26(15-4-1)36-38(27-16-5-2-6-17-27)40-42-41-39(36)32-21-10-9-20-30(32)28-18-7-8-19-29(28)31-23-13-25-35-37(31)33-22-11-12-24-34(33)43-35/h1-25H. The molecule has 0 spiro atoms. The normalized spacial score (nSPS) is 11.3. The van der Waals surface area contributed by atoms with Gasteiger partial charge in [0.2, 0.25) is 0 Å². The summed E-state index contributed by atoms with van der Waals surface area (Å²) < 4.78 is 2.89. The first-order chi connectivity index (χ1) is 21.4. The fourth-order valence-corrected chi connectivity index (χ4v) is 8.44. The number of hydrogen-bond donors (Lipinski definition) is 0. The third-order valence-electron chi connectivity index (χ3n) is 7.96. The molecule has 4 heteroatoms. The van der Waals surface area contributed by atoms with Crippen LogP contribution in [0.4, 0.5) is 0 Å². The van der Waals surface area contributed by atoms with Gasteiger partial charge in [-0.05, 0) is 0 Å². The Bertz CT molecular complexity index is 2240. The van der Waals surface area contributed by atoms with Crippen LogP contribution < -0.4 is 0 Å². The van der Waals surface area contributed by atoms with Gasteiger partial charge in [0.25, 0.3) is 0 Å². The molecular formula is C39H25N3Se. The third-order valence-corrected chi connectivity index (χ3v) is 10.3. The molecule has 0 saturated carbocycles. The summed E-state index contributed by atoms with van der Waals surface area (Å²) in [5, 5.41) is 16.3. The van der Waals surface area contributed by atoms with Gasteiger partial charge in [-0.1, -0.05) is 24.3 Å². The van der Waals surface area contributed by atoms with Crippen LogP contribution >= 0.6 is 0 Å². The molecule has 43 heavy (non-hydrogen) atoms. The molecule has 202 valence electrons. The van der Waals surface area contributed by atoms with Crippen LogP contribution in [0, 0.1) is 0 Å². The zero-order chi connectivity index (χ0) is 28.6. The van der Waals surface area contributed by atoms with E-state index in [9.17, 15) is 0 Å². The third kappa shape index (κ3) is 4.49. The van der Waals surface area contributed by atoms with Crippen LogP contribution in [0.25, 0.3) is 75.2 Å². The van der Waals surface area contributed by atoms with Crippen molar-refractivity contribution < 1.29 is 0 Å². The molecule has 0 amide bonds. The van der Waals surface area contributed by atoms with Crippen LogP contribution in [0.3, 0.4) is 0 Å². The van der Waals surface area contributed by atoms with Gasteiger partial charge in [-0.15, -0.1) is 0 Å². The Kier molecular flexibility index (Phi) is 6.49. The second-order valence-corrected chi connectivity index (χ2v) is 12.7. The average Bonchev–Trinajstić information content (AvgIpc) is 3.48. The quantitative estimate of drug-likeness (QED) is 0.181. The number of aromatic nitrogens is 3. The fourth-order valence-electron chi connectivity index (χ4n) is 6.07. The zero-order valence-electron chi connectivity index (χ0n) is 23.2. The van der Waals surface area contributed by atoms with Gasteiger partial charge >= 0.3 is 232 Å². The Labute approximate surface area is 255 Å². The molecule has 0 radical (unpaired) electrons. The van der Waals surface area contributed by atoms with Crippen LogP contribution in [-0.2, 0) is 0 Å². The molecule has 0 atom stereocenters. The van der Waals surface area contributed by atoms with Crippen LogP contribution in [0.1, 0.15) is 0 Å². The van der Waals surface area contributed by atoms with E-state index >= 15 is 0 Å². The molecule has 0 bridgehead atoms. The average molecular weight is 615 g/mol. The van der Waals surface area contributed by atoms with E-state index in [1.807, 2.05) is 24.3 Å². The molecule has 3 nitrogen and oxygen atoms in total. The molecule has 6 aromatic carbocycles. The summed E-state index contributed by atoms with van der Waals surface area (Å²) in [6.45, 7) is 0. The molecule has 2 aromatic heterocycles. The fraction of sp³-hybridized carbons (Fsp3) is 0. The van der Waals surface area contributed by atoms with Crippen LogP contribution in [-0.4, -0.2) is 29.9 Å². The first kappa shape index (κ1) is 25.6. The van der Waals surface area contributed by atoms with Gasteiger partial charge in [-0.3, -0.25) is 0 Å². The first-order valence-corrected chi connectivity index (χ1v) is 16.0. The minimum atomic E-state index is 0.305. The molecule has 8 aromatic rings. The smallest absolute Gasteiger partial charge is 0.0616 e. The van der Waals surface area contributed by atoms with E-state index in [1.165, 1.54) is 36.0 Å². The minimum absolute atomic E-state index is 0.305. The van der Waals surface area contributed by atoms with E-state index < -0.39 is 0 Å². The molecule has 0 fully saturated rings. The van der Waals surface area contributed by atoms with E-state index in [4.69, 9.17) is 5.10 Å². The van der Waals surface area contributed by atoms with Crippen molar-refractivity contribution in [2.24, 2.45) is 0 Å². The van der Waals surface area contributed by atoms with Crippen LogP contribution in [0.15, 0.2) is 152 Å². The van der Waals surface area contributed by atoms with E-state index in [-0.39, 0.29) is 0 Å². The van der Waals surface area contributed by atoms with Gasteiger partial charge < -0.3 is 0 Å². The van der Waals surface area contributed by atoms with Gasteiger partial charge in [0.05, 0.1) is 0 Å². The van der Waals surface area contributed by atoms with E-state index in [0.29, 0.717) is 14.5 Å². The van der Waals surface area contributed by atoms with Crippen molar-refractivity contribution in [3.05, 3.63) is 152 Å². The monoisotopic (exact) mass is 615 g/mol. The summed E-state index contributed by atoms with van der Waals surface area (Å²) in [5.41, 5.74) is 10.5. The molecule has 0 aliphatic rings. The van der Waals surface area contributed by atoms with Gasteiger partial charge in [0.15, 0.2) is 0 Å². The van der Waals surface area contributed by atoms with Crippen molar-refractivity contribution in [2.75, 3.05) is 0 Å². The molecule has 0 unspecified atom stereocenters. The van der Waals surface area contributed by atoms with Crippen LogP contribution in [0.5, 0.6) is 0 Å². The van der Waals surface area contributed by atoms with Crippen molar-refractivity contribution in [2.45, 2.75) is 0 Å². The summed E-state index contributed by atoms with van der Waals surface area (Å²) in [6.07, 6.45) is 0. The van der Waals surface area contributed by atoms with Crippen molar-refractivity contribution >= 4 is 33.8 Å². The molecule has 2 heterocycles. The second kappa shape index (κ2) is 10.9. The summed E-state index contributed by atoms with van der Waals surface area (Å²) in [4.78, 5) is 0. The van der Waals surface area contributed by atoms with E-state index in [0.717, 1.165) is 39.2 Å². The topological polar surface area (TPSA) is 38.7 Å². The van der Waals surface area contributed by atoms with Crippen molar-refractivity contribution in [3.63, 3.8) is 0 Å². The molecule has 0 aliphatic heterocycles. The van der Waals surface area contributed by atoms with Gasteiger partial charge in [0, 0.05) is 0 Å². The van der Waals surface area contributed by atoms with Crippen molar-refractivity contribution in [1.82, 2.24) is 15.4 Å². The maximum atomic E-state index is 4.73. The molecule has 0 aliphatic carbocycles. The Morgan fingerprint density at radius 3 is 1.63 bits per heavy atom. The maximum absolute atomic E-state index is 4.73. The summed E-state index contributed by atoms with van der Waals surface area (Å²) in [6, 6.07) is 53.6. The van der Waals surface area contributed by atoms with E-state index in [2.05, 4.69) is 138 Å². The molecular weight excluding hydrogens is 589 g/mol. The zero-order valence-corrected chi connectivity index (χ0v) is 24.9. The summed E-state index contributed by atoms with van der Waals surface area (Å²) in [7, 11) is 0. The number of rotatable bonds is 5. The Hall–Kier alpha value is -5.15. The summed E-state index contributed by atoms with van der Waals surface area (Å²) in [5.74, 6) is 0. The Morgan fingerprint density at radius 1 is 0.372 bits per heavy atom. The molecule has 0 saturated heterocycles. The van der Waals surface area contributed by atoms with Gasteiger partial charge in [-0.25, -0.2) is 0 Å².